The number of hydrogen-bond donors (Lipinski definition) is 2. The van der Waals surface area contributed by atoms with Crippen molar-refractivity contribution >= 4 is 17.4 Å². The van der Waals surface area contributed by atoms with Gasteiger partial charge in [-0.05, 0) is 49.6 Å². The molecule has 0 radical (unpaired) electrons. The molecule has 28 heavy (non-hydrogen) atoms. The number of amides is 1. The lowest BCUT2D eigenvalue weighted by molar-refractivity contribution is 0.0950. The highest BCUT2D eigenvalue weighted by Gasteiger charge is 2.24. The molecule has 1 amide bonds. The molecule has 3 aromatic rings. The molecule has 0 atom stereocenters. The molecule has 1 aliphatic rings. The second-order valence-corrected chi connectivity index (χ2v) is 7.25. The zero-order chi connectivity index (χ0) is 19.8. The lowest BCUT2D eigenvalue weighted by Gasteiger charge is -2.12. The summed E-state index contributed by atoms with van der Waals surface area (Å²) < 4.78 is 1.75. The number of benzene rings is 2. The van der Waals surface area contributed by atoms with E-state index in [9.17, 15) is 9.59 Å². The van der Waals surface area contributed by atoms with Crippen molar-refractivity contribution in [3.63, 3.8) is 0 Å². The van der Waals surface area contributed by atoms with Gasteiger partial charge >= 0.3 is 0 Å². The van der Waals surface area contributed by atoms with Crippen molar-refractivity contribution in [1.29, 1.82) is 0 Å². The molecule has 1 fully saturated rings. The van der Waals surface area contributed by atoms with E-state index < -0.39 is 0 Å². The third-order valence-electron chi connectivity index (χ3n) is 4.85. The Morgan fingerprint density at radius 2 is 1.96 bits per heavy atom. The number of carbonyl (C=O) groups is 2. The van der Waals surface area contributed by atoms with Crippen molar-refractivity contribution in [2.75, 3.05) is 5.73 Å². The fraction of sp³-hybridized carbons (Fsp3) is 0.227. The number of aryl methyl sites for hydroxylation is 1. The molecule has 0 spiro atoms. The van der Waals surface area contributed by atoms with Crippen molar-refractivity contribution < 1.29 is 9.59 Å². The first-order chi connectivity index (χ1) is 13.4. The fourth-order valence-electron chi connectivity index (χ4n) is 3.16. The second-order valence-electron chi connectivity index (χ2n) is 7.25. The van der Waals surface area contributed by atoms with Crippen molar-refractivity contribution in [2.24, 2.45) is 0 Å². The monoisotopic (exact) mass is 374 g/mol. The molecular formula is C22H22N4O2. The molecular weight excluding hydrogens is 352 g/mol. The number of nitrogen functional groups attached to an aromatic ring is 1. The molecule has 4 rings (SSSR count). The first-order valence-corrected chi connectivity index (χ1v) is 9.30. The van der Waals surface area contributed by atoms with Crippen LogP contribution < -0.4 is 11.1 Å². The summed E-state index contributed by atoms with van der Waals surface area (Å²) in [7, 11) is 0. The zero-order valence-electron chi connectivity index (χ0n) is 15.9. The lowest BCUT2D eigenvalue weighted by atomic mass is 10.1. The van der Waals surface area contributed by atoms with Gasteiger partial charge in [0.05, 0.1) is 11.4 Å². The van der Waals surface area contributed by atoms with Gasteiger partial charge in [-0.2, -0.15) is 0 Å². The maximum atomic E-state index is 12.5. The van der Waals surface area contributed by atoms with Crippen LogP contribution in [0.2, 0.25) is 0 Å². The molecule has 1 heterocycles. The van der Waals surface area contributed by atoms with E-state index in [1.807, 2.05) is 43.5 Å². The summed E-state index contributed by atoms with van der Waals surface area (Å²) in [4.78, 5) is 29.2. The molecule has 6 nitrogen and oxygen atoms in total. The van der Waals surface area contributed by atoms with E-state index in [1.165, 1.54) is 6.92 Å². The van der Waals surface area contributed by atoms with Gasteiger partial charge < -0.3 is 11.1 Å². The Bertz CT molecular complexity index is 1080. The lowest BCUT2D eigenvalue weighted by Crippen LogP contribution is -2.25. The number of rotatable bonds is 5. The normalized spacial score (nSPS) is 13.4. The maximum Gasteiger partial charge on any atom is 0.251 e. The number of Topliss-reactive ketones (excluding diaryl/α,β-unsaturated/α-hetero) is 1. The van der Waals surface area contributed by atoms with Crippen LogP contribution in [0.25, 0.3) is 16.9 Å². The minimum absolute atomic E-state index is 0.0932. The SMILES string of the molecule is CC(=O)c1nc(-c2cccc(N)c2)cn1-c1cc(C(=O)NC2CC2)ccc1C. The fourth-order valence-corrected chi connectivity index (χ4v) is 3.16. The predicted molar refractivity (Wildman–Crippen MR) is 109 cm³/mol. The van der Waals surface area contributed by atoms with Crippen LogP contribution in [0.1, 0.15) is 46.3 Å². The first kappa shape index (κ1) is 18.0. The van der Waals surface area contributed by atoms with Crippen LogP contribution in [0, 0.1) is 6.92 Å². The Kier molecular flexibility index (Phi) is 4.47. The Hall–Kier alpha value is -3.41. The Morgan fingerprint density at radius 1 is 1.18 bits per heavy atom. The summed E-state index contributed by atoms with van der Waals surface area (Å²) in [5.74, 6) is 0.0759. The Morgan fingerprint density at radius 3 is 2.64 bits per heavy atom. The van der Waals surface area contributed by atoms with Gasteiger partial charge in [-0.1, -0.05) is 18.2 Å². The molecule has 1 saturated carbocycles. The highest BCUT2D eigenvalue weighted by atomic mass is 16.1. The number of ketones is 1. The van der Waals surface area contributed by atoms with Gasteiger partial charge in [0.2, 0.25) is 0 Å². The molecule has 1 aromatic heterocycles. The largest absolute Gasteiger partial charge is 0.399 e. The molecule has 0 saturated heterocycles. The quantitative estimate of drug-likeness (QED) is 0.528. The van der Waals surface area contributed by atoms with Gasteiger partial charge in [0, 0.05) is 36.0 Å². The average Bonchev–Trinajstić information content (AvgIpc) is 3.36. The van der Waals surface area contributed by atoms with E-state index in [-0.39, 0.29) is 17.7 Å². The van der Waals surface area contributed by atoms with Crippen LogP contribution in [0.15, 0.2) is 48.7 Å². The minimum Gasteiger partial charge on any atom is -0.399 e. The number of hydrogen-bond acceptors (Lipinski definition) is 4. The van der Waals surface area contributed by atoms with Crippen LogP contribution in [0.4, 0.5) is 5.69 Å². The minimum atomic E-state index is -0.151. The van der Waals surface area contributed by atoms with E-state index in [4.69, 9.17) is 5.73 Å². The molecule has 0 bridgehead atoms. The van der Waals surface area contributed by atoms with Crippen molar-refractivity contribution in [3.8, 4) is 16.9 Å². The number of nitrogens with one attached hydrogen (secondary N) is 1. The van der Waals surface area contributed by atoms with E-state index >= 15 is 0 Å². The Labute approximate surface area is 163 Å². The summed E-state index contributed by atoms with van der Waals surface area (Å²) in [6, 6.07) is 13.2. The van der Waals surface area contributed by atoms with Crippen LogP contribution in [0.3, 0.4) is 0 Å². The predicted octanol–water partition coefficient (Wildman–Crippen LogP) is 3.52. The van der Waals surface area contributed by atoms with Crippen LogP contribution in [-0.2, 0) is 0 Å². The van der Waals surface area contributed by atoms with Crippen molar-refractivity contribution in [2.45, 2.75) is 32.7 Å². The molecule has 2 aromatic carbocycles. The van der Waals surface area contributed by atoms with Gasteiger partial charge in [-0.25, -0.2) is 4.98 Å². The topological polar surface area (TPSA) is 90.0 Å². The van der Waals surface area contributed by atoms with Gasteiger partial charge in [0.15, 0.2) is 11.6 Å². The van der Waals surface area contributed by atoms with Gasteiger partial charge in [0.25, 0.3) is 5.91 Å². The van der Waals surface area contributed by atoms with Gasteiger partial charge in [-0.3, -0.25) is 14.2 Å². The number of nitrogens with zero attached hydrogens (tertiary/aromatic N) is 2. The van der Waals surface area contributed by atoms with Crippen molar-refractivity contribution in [3.05, 3.63) is 65.6 Å². The first-order valence-electron chi connectivity index (χ1n) is 9.30. The van der Waals surface area contributed by atoms with Crippen molar-refractivity contribution in [1.82, 2.24) is 14.9 Å². The highest BCUT2D eigenvalue weighted by molar-refractivity contribution is 5.96. The standard InChI is InChI=1S/C22H22N4O2/c1-13-6-7-16(22(28)24-18-8-9-18)11-20(13)26-12-19(25-21(26)14(2)27)15-4-3-5-17(23)10-15/h3-7,10-12,18H,8-9,23H2,1-2H3,(H,24,28). The highest BCUT2D eigenvalue weighted by Crippen LogP contribution is 2.26. The van der Waals surface area contributed by atoms with E-state index in [0.717, 1.165) is 29.7 Å². The summed E-state index contributed by atoms with van der Waals surface area (Å²) in [6.45, 7) is 3.43. The summed E-state index contributed by atoms with van der Waals surface area (Å²) in [5.41, 5.74) is 10.3. The smallest absolute Gasteiger partial charge is 0.251 e. The molecule has 0 aliphatic heterocycles. The third-order valence-corrected chi connectivity index (χ3v) is 4.85. The van der Waals surface area contributed by atoms with Crippen LogP contribution >= 0.6 is 0 Å². The van der Waals surface area contributed by atoms with E-state index in [2.05, 4.69) is 10.3 Å². The molecule has 6 heteroatoms. The third kappa shape index (κ3) is 3.53. The number of aromatic nitrogens is 2. The molecule has 142 valence electrons. The molecule has 1 aliphatic carbocycles. The number of carbonyl (C=O) groups excluding carboxylic acids is 2. The van der Waals surface area contributed by atoms with Gasteiger partial charge in [0.1, 0.15) is 0 Å². The van der Waals surface area contributed by atoms with Crippen LogP contribution in [-0.4, -0.2) is 27.3 Å². The zero-order valence-corrected chi connectivity index (χ0v) is 15.9. The van der Waals surface area contributed by atoms with E-state index in [1.54, 1.807) is 16.7 Å². The van der Waals surface area contributed by atoms with Gasteiger partial charge in [-0.15, -0.1) is 0 Å². The van der Waals surface area contributed by atoms with Crippen LogP contribution in [0.5, 0.6) is 0 Å². The molecule has 0 unspecified atom stereocenters. The maximum absolute atomic E-state index is 12.5. The second kappa shape index (κ2) is 6.96. The van der Waals surface area contributed by atoms with E-state index in [0.29, 0.717) is 22.8 Å². The number of anilines is 1. The molecule has 3 N–H and O–H groups in total. The number of nitrogens with two attached hydrogens (primary N) is 1. The Balaban J connectivity index is 1.79. The average molecular weight is 374 g/mol. The summed E-state index contributed by atoms with van der Waals surface area (Å²) in [6.07, 6.45) is 3.88. The summed E-state index contributed by atoms with van der Waals surface area (Å²) in [5, 5.41) is 3.00. The summed E-state index contributed by atoms with van der Waals surface area (Å²) >= 11 is 0. The number of imidazole rings is 1.